The summed E-state index contributed by atoms with van der Waals surface area (Å²) in [5.41, 5.74) is 1.74. The van der Waals surface area contributed by atoms with Gasteiger partial charge in [0.05, 0.1) is 11.2 Å². The zero-order chi connectivity index (χ0) is 16.8. The molecule has 0 aliphatic carbocycles. The summed E-state index contributed by atoms with van der Waals surface area (Å²) in [4.78, 5) is 2.48. The standard InChI is InChI=1S/C18H27BBrNO2/c1-13-7-6-8-21(12-13)16-10-14(9-15(20)11-16)19-22-17(2,3)18(4,5)23-19/h9-11,13H,6-8,12H2,1-5H3. The van der Waals surface area contributed by atoms with Crippen LogP contribution in [0.1, 0.15) is 47.5 Å². The van der Waals surface area contributed by atoms with E-state index in [9.17, 15) is 0 Å². The lowest BCUT2D eigenvalue weighted by Crippen LogP contribution is -2.41. The third-order valence-electron chi connectivity index (χ3n) is 5.45. The second kappa shape index (κ2) is 6.09. The van der Waals surface area contributed by atoms with E-state index in [4.69, 9.17) is 9.31 Å². The molecule has 23 heavy (non-hydrogen) atoms. The average molecular weight is 380 g/mol. The lowest BCUT2D eigenvalue weighted by molar-refractivity contribution is 0.00578. The van der Waals surface area contributed by atoms with Crippen LogP contribution in [0.5, 0.6) is 0 Å². The summed E-state index contributed by atoms with van der Waals surface area (Å²) >= 11 is 3.66. The Bertz CT molecular complexity index is 574. The maximum absolute atomic E-state index is 6.21. The minimum absolute atomic E-state index is 0.306. The predicted octanol–water partition coefficient (Wildman–Crippen LogP) is 3.98. The van der Waals surface area contributed by atoms with E-state index in [-0.39, 0.29) is 18.3 Å². The van der Waals surface area contributed by atoms with Gasteiger partial charge in [-0.05, 0) is 70.1 Å². The first-order chi connectivity index (χ1) is 10.7. The van der Waals surface area contributed by atoms with Gasteiger partial charge in [0, 0.05) is 23.2 Å². The van der Waals surface area contributed by atoms with Crippen molar-refractivity contribution in [1.29, 1.82) is 0 Å². The molecule has 1 unspecified atom stereocenters. The highest BCUT2D eigenvalue weighted by molar-refractivity contribution is 9.10. The van der Waals surface area contributed by atoms with Crippen molar-refractivity contribution >= 4 is 34.2 Å². The summed E-state index contributed by atoms with van der Waals surface area (Å²) in [6.45, 7) is 13.0. The van der Waals surface area contributed by atoms with Crippen LogP contribution >= 0.6 is 15.9 Å². The molecule has 3 rings (SSSR count). The number of hydrogen-bond donors (Lipinski definition) is 0. The van der Waals surface area contributed by atoms with Gasteiger partial charge in [0.15, 0.2) is 0 Å². The molecule has 0 bridgehead atoms. The summed E-state index contributed by atoms with van der Waals surface area (Å²) in [5.74, 6) is 0.753. The second-order valence-corrected chi connectivity index (χ2v) is 8.94. The van der Waals surface area contributed by atoms with Crippen molar-refractivity contribution in [3.05, 3.63) is 22.7 Å². The number of rotatable bonds is 2. The van der Waals surface area contributed by atoms with Crippen molar-refractivity contribution in [2.24, 2.45) is 5.92 Å². The molecule has 2 aliphatic heterocycles. The van der Waals surface area contributed by atoms with Gasteiger partial charge in [-0.15, -0.1) is 0 Å². The molecule has 0 radical (unpaired) electrons. The minimum atomic E-state index is -0.307. The first-order valence-electron chi connectivity index (χ1n) is 8.59. The van der Waals surface area contributed by atoms with Gasteiger partial charge in [0.25, 0.3) is 0 Å². The lowest BCUT2D eigenvalue weighted by Gasteiger charge is -2.33. The predicted molar refractivity (Wildman–Crippen MR) is 100 cm³/mol. The Morgan fingerprint density at radius 1 is 1.13 bits per heavy atom. The first kappa shape index (κ1) is 17.3. The van der Waals surface area contributed by atoms with Gasteiger partial charge >= 0.3 is 7.12 Å². The molecule has 0 amide bonds. The van der Waals surface area contributed by atoms with Gasteiger partial charge in [-0.3, -0.25) is 0 Å². The zero-order valence-corrected chi connectivity index (χ0v) is 16.4. The van der Waals surface area contributed by atoms with E-state index in [1.54, 1.807) is 0 Å². The molecule has 126 valence electrons. The van der Waals surface area contributed by atoms with Crippen LogP contribution in [-0.4, -0.2) is 31.4 Å². The van der Waals surface area contributed by atoms with Gasteiger partial charge in [0.1, 0.15) is 0 Å². The van der Waals surface area contributed by atoms with Gasteiger partial charge in [-0.2, -0.15) is 0 Å². The lowest BCUT2D eigenvalue weighted by atomic mass is 9.79. The topological polar surface area (TPSA) is 21.7 Å². The number of piperidine rings is 1. The van der Waals surface area contributed by atoms with E-state index >= 15 is 0 Å². The SMILES string of the molecule is CC1CCCN(c2cc(Br)cc(B3OC(C)(C)C(C)(C)O3)c2)C1. The fourth-order valence-electron chi connectivity index (χ4n) is 3.32. The molecule has 5 heteroatoms. The molecule has 0 saturated carbocycles. The van der Waals surface area contributed by atoms with Crippen LogP contribution in [-0.2, 0) is 9.31 Å². The number of benzene rings is 1. The van der Waals surface area contributed by atoms with Gasteiger partial charge in [-0.1, -0.05) is 22.9 Å². The summed E-state index contributed by atoms with van der Waals surface area (Å²) in [6.07, 6.45) is 2.59. The molecule has 1 atom stereocenters. The number of anilines is 1. The molecule has 2 fully saturated rings. The van der Waals surface area contributed by atoms with E-state index in [0.717, 1.165) is 28.9 Å². The van der Waals surface area contributed by atoms with E-state index in [1.165, 1.54) is 18.5 Å². The van der Waals surface area contributed by atoms with Gasteiger partial charge in [-0.25, -0.2) is 0 Å². The summed E-state index contributed by atoms with van der Waals surface area (Å²) in [5, 5.41) is 0. The van der Waals surface area contributed by atoms with Crippen LogP contribution in [0, 0.1) is 5.92 Å². The second-order valence-electron chi connectivity index (χ2n) is 8.02. The Morgan fingerprint density at radius 3 is 2.39 bits per heavy atom. The smallest absolute Gasteiger partial charge is 0.399 e. The van der Waals surface area contributed by atoms with Crippen molar-refractivity contribution in [2.75, 3.05) is 18.0 Å². The van der Waals surface area contributed by atoms with Crippen LogP contribution in [0.25, 0.3) is 0 Å². The highest BCUT2D eigenvalue weighted by Crippen LogP contribution is 2.37. The third-order valence-corrected chi connectivity index (χ3v) is 5.91. The molecule has 0 N–H and O–H groups in total. The molecule has 2 heterocycles. The van der Waals surface area contributed by atoms with Crippen molar-refractivity contribution in [3.63, 3.8) is 0 Å². The molecular formula is C18H27BBrNO2. The Balaban J connectivity index is 1.87. The number of nitrogens with zero attached hydrogens (tertiary/aromatic N) is 1. The Kier molecular flexibility index (Phi) is 4.58. The fourth-order valence-corrected chi connectivity index (χ4v) is 3.82. The molecule has 1 aromatic carbocycles. The van der Waals surface area contributed by atoms with Gasteiger partial charge < -0.3 is 14.2 Å². The van der Waals surface area contributed by atoms with Crippen LogP contribution in [0.4, 0.5) is 5.69 Å². The Morgan fingerprint density at radius 2 is 1.78 bits per heavy atom. The molecule has 0 spiro atoms. The third kappa shape index (κ3) is 3.47. The quantitative estimate of drug-likeness (QED) is 0.725. The zero-order valence-electron chi connectivity index (χ0n) is 14.9. The van der Waals surface area contributed by atoms with E-state index in [0.29, 0.717) is 0 Å². The Labute approximate surface area is 149 Å². The van der Waals surface area contributed by atoms with Crippen LogP contribution < -0.4 is 10.4 Å². The van der Waals surface area contributed by atoms with Gasteiger partial charge in [0.2, 0.25) is 0 Å². The van der Waals surface area contributed by atoms with Crippen molar-refractivity contribution in [1.82, 2.24) is 0 Å². The molecular weight excluding hydrogens is 353 g/mol. The van der Waals surface area contributed by atoms with E-state index in [1.807, 2.05) is 0 Å². The van der Waals surface area contributed by atoms with Crippen molar-refractivity contribution < 1.29 is 9.31 Å². The summed E-state index contributed by atoms with van der Waals surface area (Å²) in [6, 6.07) is 6.54. The normalized spacial score (nSPS) is 26.6. The Hall–Kier alpha value is -0.515. The van der Waals surface area contributed by atoms with Crippen molar-refractivity contribution in [3.8, 4) is 0 Å². The average Bonchev–Trinajstić information content (AvgIpc) is 2.67. The molecule has 2 aliphatic rings. The number of halogens is 1. The molecule has 1 aromatic rings. The molecule has 0 aromatic heterocycles. The molecule has 3 nitrogen and oxygen atoms in total. The largest absolute Gasteiger partial charge is 0.494 e. The van der Waals surface area contributed by atoms with Crippen molar-refractivity contribution in [2.45, 2.75) is 58.7 Å². The first-order valence-corrected chi connectivity index (χ1v) is 9.38. The highest BCUT2D eigenvalue weighted by atomic mass is 79.9. The maximum atomic E-state index is 6.21. The van der Waals surface area contributed by atoms with Crippen LogP contribution in [0.2, 0.25) is 0 Å². The van der Waals surface area contributed by atoms with Crippen LogP contribution in [0.15, 0.2) is 22.7 Å². The highest BCUT2D eigenvalue weighted by Gasteiger charge is 2.51. The summed E-state index contributed by atoms with van der Waals surface area (Å²) in [7, 11) is -0.307. The minimum Gasteiger partial charge on any atom is -0.399 e. The monoisotopic (exact) mass is 379 g/mol. The van der Waals surface area contributed by atoms with E-state index in [2.05, 4.69) is 73.6 Å². The molecule has 2 saturated heterocycles. The van der Waals surface area contributed by atoms with E-state index < -0.39 is 0 Å². The maximum Gasteiger partial charge on any atom is 0.494 e. The summed E-state index contributed by atoms with van der Waals surface area (Å²) < 4.78 is 13.5. The van der Waals surface area contributed by atoms with Crippen LogP contribution in [0.3, 0.4) is 0 Å². The fraction of sp³-hybridized carbons (Fsp3) is 0.667. The number of hydrogen-bond acceptors (Lipinski definition) is 3.